The van der Waals surface area contributed by atoms with Crippen LogP contribution in [0, 0.1) is 0 Å². The van der Waals surface area contributed by atoms with Crippen molar-refractivity contribution < 1.29 is 4.74 Å². The summed E-state index contributed by atoms with van der Waals surface area (Å²) < 4.78 is 8.07. The quantitative estimate of drug-likeness (QED) is 0.476. The average Bonchev–Trinajstić information content (AvgIpc) is 3.35. The Bertz CT molecular complexity index is 1270. The minimum Gasteiger partial charge on any atom is -0.489 e. The SMILES string of the molecule is Cn1cc(-c2cc(Nc3ncc4cc(C5CC5)ccc4n3)cc(O[C@H]3CCNC3)c2)cn1. The summed E-state index contributed by atoms with van der Waals surface area (Å²) >= 11 is 0. The van der Waals surface area contributed by atoms with Gasteiger partial charge in [0.05, 0.1) is 11.7 Å². The summed E-state index contributed by atoms with van der Waals surface area (Å²) in [7, 11) is 1.92. The van der Waals surface area contributed by atoms with Crippen LogP contribution in [0.5, 0.6) is 5.75 Å². The van der Waals surface area contributed by atoms with E-state index in [1.54, 1.807) is 4.68 Å². The van der Waals surface area contributed by atoms with Crippen molar-refractivity contribution in [3.63, 3.8) is 0 Å². The van der Waals surface area contributed by atoms with Crippen molar-refractivity contribution in [1.82, 2.24) is 25.1 Å². The maximum atomic E-state index is 6.26. The summed E-state index contributed by atoms with van der Waals surface area (Å²) in [4.78, 5) is 9.31. The van der Waals surface area contributed by atoms with Crippen molar-refractivity contribution in [2.45, 2.75) is 31.3 Å². The summed E-state index contributed by atoms with van der Waals surface area (Å²) in [5.41, 5.74) is 5.32. The molecule has 2 aliphatic rings. The normalized spacial score (nSPS) is 18.2. The highest BCUT2D eigenvalue weighted by Crippen LogP contribution is 2.40. The molecule has 1 saturated carbocycles. The second-order valence-corrected chi connectivity index (χ2v) is 8.79. The summed E-state index contributed by atoms with van der Waals surface area (Å²) in [5.74, 6) is 2.13. The summed E-state index contributed by atoms with van der Waals surface area (Å²) in [6, 6.07) is 12.7. The molecule has 2 aromatic heterocycles. The topological polar surface area (TPSA) is 76.9 Å². The molecule has 2 aromatic carbocycles. The number of hydrogen-bond donors (Lipinski definition) is 2. The van der Waals surface area contributed by atoms with Gasteiger partial charge in [-0.25, -0.2) is 9.97 Å². The Balaban J connectivity index is 1.31. The maximum Gasteiger partial charge on any atom is 0.227 e. The number of ether oxygens (including phenoxy) is 1. The van der Waals surface area contributed by atoms with Gasteiger partial charge in [-0.15, -0.1) is 0 Å². The Labute approximate surface area is 186 Å². The molecule has 162 valence electrons. The number of nitrogens with zero attached hydrogens (tertiary/aromatic N) is 4. The standard InChI is InChI=1S/C25H26N6O/c1-31-15-20(13-28-31)18-9-21(11-23(10-18)32-22-6-7-26-14-22)29-25-27-12-19-8-17(16-2-3-16)4-5-24(19)30-25/h4-5,8-13,15-16,22,26H,2-3,6-7,14H2,1H3,(H,27,29,30)/t22-/m0/s1. The highest BCUT2D eigenvalue weighted by Gasteiger charge is 2.23. The minimum absolute atomic E-state index is 0.185. The first-order valence-corrected chi connectivity index (χ1v) is 11.2. The van der Waals surface area contributed by atoms with Crippen LogP contribution in [0.15, 0.2) is 55.0 Å². The second-order valence-electron chi connectivity index (χ2n) is 8.79. The van der Waals surface area contributed by atoms with Crippen LogP contribution >= 0.6 is 0 Å². The van der Waals surface area contributed by atoms with E-state index in [1.807, 2.05) is 31.7 Å². The highest BCUT2D eigenvalue weighted by molar-refractivity contribution is 5.80. The molecule has 0 amide bonds. The van der Waals surface area contributed by atoms with Crippen LogP contribution < -0.4 is 15.4 Å². The Hall–Kier alpha value is -3.45. The van der Waals surface area contributed by atoms with Crippen LogP contribution in [0.4, 0.5) is 11.6 Å². The van der Waals surface area contributed by atoms with Gasteiger partial charge in [0, 0.05) is 48.7 Å². The zero-order valence-corrected chi connectivity index (χ0v) is 18.1. The monoisotopic (exact) mass is 426 g/mol. The van der Waals surface area contributed by atoms with Crippen LogP contribution in [0.3, 0.4) is 0 Å². The van der Waals surface area contributed by atoms with Crippen molar-refractivity contribution in [3.05, 3.63) is 60.6 Å². The lowest BCUT2D eigenvalue weighted by atomic mass is 10.1. The third-order valence-corrected chi connectivity index (χ3v) is 6.17. The number of rotatable bonds is 6. The van der Waals surface area contributed by atoms with E-state index in [0.29, 0.717) is 5.95 Å². The van der Waals surface area contributed by atoms with E-state index < -0.39 is 0 Å². The summed E-state index contributed by atoms with van der Waals surface area (Å²) in [5, 5.41) is 12.1. The van der Waals surface area contributed by atoms with Crippen LogP contribution in [-0.2, 0) is 7.05 Å². The van der Waals surface area contributed by atoms with Gasteiger partial charge in [0.15, 0.2) is 0 Å². The number of hydrogen-bond acceptors (Lipinski definition) is 6. The number of benzene rings is 2. The predicted molar refractivity (Wildman–Crippen MR) is 125 cm³/mol. The molecule has 2 fully saturated rings. The molecule has 4 aromatic rings. The average molecular weight is 427 g/mol. The first-order valence-electron chi connectivity index (χ1n) is 11.2. The summed E-state index contributed by atoms with van der Waals surface area (Å²) in [6.07, 6.45) is 9.55. The molecule has 0 unspecified atom stereocenters. The van der Waals surface area contributed by atoms with E-state index in [0.717, 1.165) is 58.9 Å². The van der Waals surface area contributed by atoms with Gasteiger partial charge in [-0.3, -0.25) is 4.68 Å². The van der Waals surface area contributed by atoms with Crippen molar-refractivity contribution >= 4 is 22.5 Å². The lowest BCUT2D eigenvalue weighted by molar-refractivity contribution is 0.223. The smallest absolute Gasteiger partial charge is 0.227 e. The van der Waals surface area contributed by atoms with Crippen molar-refractivity contribution in [3.8, 4) is 16.9 Å². The van der Waals surface area contributed by atoms with Gasteiger partial charge in [-0.05, 0) is 67.1 Å². The Morgan fingerprint density at radius 2 is 2.00 bits per heavy atom. The molecule has 1 aliphatic heterocycles. The second kappa shape index (κ2) is 7.91. The number of fused-ring (bicyclic) bond motifs is 1. The molecular weight excluding hydrogens is 400 g/mol. The number of aryl methyl sites for hydroxylation is 1. The molecular formula is C25H26N6O. The molecule has 0 bridgehead atoms. The van der Waals surface area contributed by atoms with Crippen LogP contribution in [0.2, 0.25) is 0 Å². The van der Waals surface area contributed by atoms with E-state index in [4.69, 9.17) is 9.72 Å². The van der Waals surface area contributed by atoms with E-state index in [-0.39, 0.29) is 6.10 Å². The Kier molecular flexibility index (Phi) is 4.76. The lowest BCUT2D eigenvalue weighted by Crippen LogP contribution is -2.19. The Morgan fingerprint density at radius 3 is 2.78 bits per heavy atom. The summed E-state index contributed by atoms with van der Waals surface area (Å²) in [6.45, 7) is 1.86. The van der Waals surface area contributed by atoms with Gasteiger partial charge in [0.25, 0.3) is 0 Å². The zero-order chi connectivity index (χ0) is 21.5. The largest absolute Gasteiger partial charge is 0.489 e. The van der Waals surface area contributed by atoms with Gasteiger partial charge in [-0.2, -0.15) is 5.10 Å². The lowest BCUT2D eigenvalue weighted by Gasteiger charge is -2.15. The fraction of sp³-hybridized carbons (Fsp3) is 0.320. The van der Waals surface area contributed by atoms with Crippen LogP contribution in [-0.4, -0.2) is 38.9 Å². The van der Waals surface area contributed by atoms with Gasteiger partial charge in [0.1, 0.15) is 11.9 Å². The van der Waals surface area contributed by atoms with E-state index >= 15 is 0 Å². The minimum atomic E-state index is 0.185. The molecule has 7 nitrogen and oxygen atoms in total. The van der Waals surface area contributed by atoms with Crippen LogP contribution in [0.1, 0.15) is 30.7 Å². The molecule has 7 heteroatoms. The fourth-order valence-corrected chi connectivity index (χ4v) is 4.31. The van der Waals surface area contributed by atoms with Crippen molar-refractivity contribution in [2.75, 3.05) is 18.4 Å². The fourth-order valence-electron chi connectivity index (χ4n) is 4.31. The van der Waals surface area contributed by atoms with Crippen LogP contribution in [0.25, 0.3) is 22.0 Å². The first kappa shape index (κ1) is 19.3. The molecule has 1 saturated heterocycles. The highest BCUT2D eigenvalue weighted by atomic mass is 16.5. The van der Waals surface area contributed by atoms with Crippen molar-refractivity contribution in [2.24, 2.45) is 7.05 Å². The number of aromatic nitrogens is 4. The van der Waals surface area contributed by atoms with E-state index in [2.05, 4.69) is 51.0 Å². The molecule has 32 heavy (non-hydrogen) atoms. The third-order valence-electron chi connectivity index (χ3n) is 6.17. The molecule has 2 N–H and O–H groups in total. The molecule has 1 atom stereocenters. The molecule has 6 rings (SSSR count). The van der Waals surface area contributed by atoms with Gasteiger partial charge in [0.2, 0.25) is 5.95 Å². The van der Waals surface area contributed by atoms with E-state index in [1.165, 1.54) is 18.4 Å². The van der Waals surface area contributed by atoms with Gasteiger partial charge >= 0.3 is 0 Å². The molecule has 0 radical (unpaired) electrons. The number of nitrogens with one attached hydrogen (secondary N) is 2. The molecule has 0 spiro atoms. The zero-order valence-electron chi connectivity index (χ0n) is 18.1. The Morgan fingerprint density at radius 1 is 1.06 bits per heavy atom. The number of anilines is 2. The molecule has 3 heterocycles. The van der Waals surface area contributed by atoms with Crippen molar-refractivity contribution in [1.29, 1.82) is 0 Å². The maximum absolute atomic E-state index is 6.26. The third kappa shape index (κ3) is 4.03. The van der Waals surface area contributed by atoms with Gasteiger partial charge in [-0.1, -0.05) is 6.07 Å². The predicted octanol–water partition coefficient (Wildman–Crippen LogP) is 4.39. The first-order chi connectivity index (χ1) is 15.7. The molecule has 1 aliphatic carbocycles. The van der Waals surface area contributed by atoms with E-state index in [9.17, 15) is 0 Å². The van der Waals surface area contributed by atoms with Gasteiger partial charge < -0.3 is 15.4 Å².